The van der Waals surface area contributed by atoms with Gasteiger partial charge >= 0.3 is 5.97 Å². The third-order valence-electron chi connectivity index (χ3n) is 6.40. The zero-order chi connectivity index (χ0) is 25.3. The van der Waals surface area contributed by atoms with Crippen molar-refractivity contribution in [3.8, 4) is 0 Å². The molecule has 0 radical (unpaired) electrons. The summed E-state index contributed by atoms with van der Waals surface area (Å²) in [6.45, 7) is 9.90. The summed E-state index contributed by atoms with van der Waals surface area (Å²) in [6, 6.07) is 18.4. The van der Waals surface area contributed by atoms with E-state index in [-0.39, 0.29) is 22.2 Å². The van der Waals surface area contributed by atoms with Crippen LogP contribution in [0.3, 0.4) is 0 Å². The van der Waals surface area contributed by atoms with Gasteiger partial charge in [-0.3, -0.25) is 4.72 Å². The number of sulfonamides is 1. The summed E-state index contributed by atoms with van der Waals surface area (Å²) in [5.41, 5.74) is 4.84. The molecule has 3 aromatic carbocycles. The molecule has 1 aliphatic rings. The molecule has 0 aliphatic carbocycles. The Hall–Kier alpha value is -3.52. The van der Waals surface area contributed by atoms with Crippen molar-refractivity contribution in [2.24, 2.45) is 0 Å². The standard InChI is InChI=1S/C27H31N3O4S/c1-18-6-5-7-23(15-18)30-13-12-29(17-21(30)4)25-10-9-22(16-24(25)27(31)32)28-35(33,34)26-11-8-19(2)14-20(26)3/h5-11,14-16,21,28H,12-13,17H2,1-4H3,(H,31,32). The lowest BCUT2D eigenvalue weighted by molar-refractivity contribution is 0.0697. The van der Waals surface area contributed by atoms with E-state index in [0.717, 1.165) is 17.8 Å². The van der Waals surface area contributed by atoms with E-state index >= 15 is 0 Å². The molecule has 1 aliphatic heterocycles. The maximum atomic E-state index is 13.0. The molecule has 0 bridgehead atoms. The lowest BCUT2D eigenvalue weighted by Gasteiger charge is -2.42. The number of carbonyl (C=O) groups is 1. The number of hydrogen-bond acceptors (Lipinski definition) is 5. The Morgan fingerprint density at radius 3 is 2.37 bits per heavy atom. The Bertz CT molecular complexity index is 1370. The number of aromatic carboxylic acids is 1. The molecule has 3 aromatic rings. The second-order valence-corrected chi connectivity index (χ2v) is 10.9. The predicted octanol–water partition coefficient (Wildman–Crippen LogP) is 4.83. The third kappa shape index (κ3) is 5.27. The number of carboxylic acids is 1. The molecule has 8 heteroatoms. The van der Waals surface area contributed by atoms with Crippen LogP contribution in [0.4, 0.5) is 17.1 Å². The minimum Gasteiger partial charge on any atom is -0.478 e. The first-order valence-corrected chi connectivity index (χ1v) is 13.1. The number of hydrogen-bond donors (Lipinski definition) is 2. The van der Waals surface area contributed by atoms with Crippen molar-refractivity contribution in [2.45, 2.75) is 38.6 Å². The first kappa shape index (κ1) is 24.6. The molecule has 0 saturated carbocycles. The molecule has 0 spiro atoms. The van der Waals surface area contributed by atoms with Crippen LogP contribution in [0, 0.1) is 20.8 Å². The van der Waals surface area contributed by atoms with Crippen LogP contribution >= 0.6 is 0 Å². The molecule has 1 unspecified atom stereocenters. The molecular formula is C27H31N3O4S. The van der Waals surface area contributed by atoms with Gasteiger partial charge in [-0.2, -0.15) is 0 Å². The highest BCUT2D eigenvalue weighted by Gasteiger charge is 2.27. The van der Waals surface area contributed by atoms with E-state index in [1.165, 1.54) is 11.6 Å². The van der Waals surface area contributed by atoms with Gasteiger partial charge in [0.15, 0.2) is 0 Å². The van der Waals surface area contributed by atoms with E-state index in [1.54, 1.807) is 37.3 Å². The fraction of sp³-hybridized carbons (Fsp3) is 0.296. The number of nitrogens with one attached hydrogen (secondary N) is 1. The lowest BCUT2D eigenvalue weighted by atomic mass is 10.1. The Morgan fingerprint density at radius 1 is 0.971 bits per heavy atom. The van der Waals surface area contributed by atoms with Crippen molar-refractivity contribution < 1.29 is 18.3 Å². The van der Waals surface area contributed by atoms with Crippen molar-refractivity contribution in [1.82, 2.24) is 0 Å². The fourth-order valence-corrected chi connectivity index (χ4v) is 6.00. The van der Waals surface area contributed by atoms with Crippen molar-refractivity contribution in [2.75, 3.05) is 34.2 Å². The molecule has 184 valence electrons. The van der Waals surface area contributed by atoms with Crippen LogP contribution in [-0.4, -0.2) is 45.2 Å². The zero-order valence-electron chi connectivity index (χ0n) is 20.4. The number of anilines is 3. The average Bonchev–Trinajstić information content (AvgIpc) is 2.78. The predicted molar refractivity (Wildman–Crippen MR) is 140 cm³/mol. The van der Waals surface area contributed by atoms with Crippen LogP contribution in [0.5, 0.6) is 0 Å². The highest BCUT2D eigenvalue weighted by Crippen LogP contribution is 2.30. The minimum absolute atomic E-state index is 0.0713. The van der Waals surface area contributed by atoms with E-state index < -0.39 is 16.0 Å². The highest BCUT2D eigenvalue weighted by molar-refractivity contribution is 7.92. The molecule has 1 heterocycles. The summed E-state index contributed by atoms with van der Waals surface area (Å²) in [7, 11) is -3.85. The molecule has 1 atom stereocenters. The molecule has 4 rings (SSSR count). The fourth-order valence-electron chi connectivity index (χ4n) is 4.72. The highest BCUT2D eigenvalue weighted by atomic mass is 32.2. The average molecular weight is 494 g/mol. The summed E-state index contributed by atoms with van der Waals surface area (Å²) in [5, 5.41) is 9.92. The number of piperazine rings is 1. The summed E-state index contributed by atoms with van der Waals surface area (Å²) < 4.78 is 28.5. The van der Waals surface area contributed by atoms with E-state index in [0.29, 0.717) is 24.3 Å². The molecule has 35 heavy (non-hydrogen) atoms. The Kier molecular flexibility index (Phi) is 6.76. The monoisotopic (exact) mass is 493 g/mol. The minimum atomic E-state index is -3.85. The van der Waals surface area contributed by atoms with E-state index in [1.807, 2.05) is 13.0 Å². The van der Waals surface area contributed by atoms with Crippen LogP contribution in [0.15, 0.2) is 65.6 Å². The normalized spacial score (nSPS) is 16.3. The number of rotatable bonds is 6. The van der Waals surface area contributed by atoms with Gasteiger partial charge in [-0.15, -0.1) is 0 Å². The van der Waals surface area contributed by atoms with Gasteiger partial charge in [0.2, 0.25) is 0 Å². The number of benzene rings is 3. The van der Waals surface area contributed by atoms with E-state index in [9.17, 15) is 18.3 Å². The van der Waals surface area contributed by atoms with Gasteiger partial charge < -0.3 is 14.9 Å². The number of nitrogens with zero attached hydrogens (tertiary/aromatic N) is 2. The second-order valence-electron chi connectivity index (χ2n) is 9.24. The third-order valence-corrected chi connectivity index (χ3v) is 7.94. The van der Waals surface area contributed by atoms with Crippen LogP contribution in [0.1, 0.15) is 34.0 Å². The van der Waals surface area contributed by atoms with E-state index in [4.69, 9.17) is 0 Å². The summed E-state index contributed by atoms with van der Waals surface area (Å²) in [4.78, 5) is 16.7. The quantitative estimate of drug-likeness (QED) is 0.511. The zero-order valence-corrected chi connectivity index (χ0v) is 21.3. The Morgan fingerprint density at radius 2 is 1.71 bits per heavy atom. The van der Waals surface area contributed by atoms with Gasteiger partial charge in [-0.1, -0.05) is 29.8 Å². The largest absolute Gasteiger partial charge is 0.478 e. The van der Waals surface area contributed by atoms with E-state index in [2.05, 4.69) is 46.6 Å². The molecule has 7 nitrogen and oxygen atoms in total. The summed E-state index contributed by atoms with van der Waals surface area (Å²) in [6.07, 6.45) is 0. The van der Waals surface area contributed by atoms with Crippen LogP contribution in [0.2, 0.25) is 0 Å². The molecule has 1 saturated heterocycles. The topological polar surface area (TPSA) is 90.0 Å². The maximum Gasteiger partial charge on any atom is 0.337 e. The second kappa shape index (κ2) is 9.62. The molecule has 0 aromatic heterocycles. The van der Waals surface area contributed by atoms with Crippen molar-refractivity contribution in [3.05, 3.63) is 82.9 Å². The van der Waals surface area contributed by atoms with Crippen molar-refractivity contribution in [1.29, 1.82) is 0 Å². The van der Waals surface area contributed by atoms with Crippen LogP contribution in [-0.2, 0) is 10.0 Å². The van der Waals surface area contributed by atoms with Gasteiger partial charge in [0.25, 0.3) is 10.0 Å². The maximum absolute atomic E-state index is 13.0. The lowest BCUT2D eigenvalue weighted by Crippen LogP contribution is -2.52. The Balaban J connectivity index is 1.57. The smallest absolute Gasteiger partial charge is 0.337 e. The molecule has 1 fully saturated rings. The summed E-state index contributed by atoms with van der Waals surface area (Å²) in [5.74, 6) is -1.10. The van der Waals surface area contributed by atoms with Crippen molar-refractivity contribution >= 4 is 33.1 Å². The first-order chi connectivity index (χ1) is 16.5. The molecule has 0 amide bonds. The SMILES string of the molecule is Cc1cccc(N2CCN(c3ccc(NS(=O)(=O)c4ccc(C)cc4C)cc3C(=O)O)CC2C)c1. The number of carboxylic acid groups (broad SMARTS) is 1. The summed E-state index contributed by atoms with van der Waals surface area (Å²) >= 11 is 0. The van der Waals surface area contributed by atoms with Crippen molar-refractivity contribution in [3.63, 3.8) is 0 Å². The van der Waals surface area contributed by atoms with Crippen LogP contribution in [0.25, 0.3) is 0 Å². The molecular weight excluding hydrogens is 462 g/mol. The first-order valence-electron chi connectivity index (χ1n) is 11.6. The number of aryl methyl sites for hydroxylation is 3. The van der Waals surface area contributed by atoms with Crippen LogP contribution < -0.4 is 14.5 Å². The van der Waals surface area contributed by atoms with Gasteiger partial charge in [0.05, 0.1) is 16.1 Å². The van der Waals surface area contributed by atoms with Gasteiger partial charge in [0.1, 0.15) is 0 Å². The Labute approximate surface area is 207 Å². The van der Waals surface area contributed by atoms with Gasteiger partial charge in [-0.25, -0.2) is 13.2 Å². The van der Waals surface area contributed by atoms with Gasteiger partial charge in [-0.05, 0) is 75.2 Å². The van der Waals surface area contributed by atoms with Gasteiger partial charge in [0, 0.05) is 37.1 Å². The molecule has 2 N–H and O–H groups in total.